The predicted molar refractivity (Wildman–Crippen MR) is 121 cm³/mol. The van der Waals surface area contributed by atoms with Crippen LogP contribution < -0.4 is 0 Å². The summed E-state index contributed by atoms with van der Waals surface area (Å²) in [5.41, 5.74) is 3.00. The maximum absolute atomic E-state index is 13.2. The number of hydrogen-bond donors (Lipinski definition) is 1. The molecule has 0 radical (unpaired) electrons. The van der Waals surface area contributed by atoms with E-state index in [0.29, 0.717) is 24.5 Å². The topological polar surface area (TPSA) is 109 Å². The fourth-order valence-corrected chi connectivity index (χ4v) is 5.51. The van der Waals surface area contributed by atoms with Gasteiger partial charge in [-0.25, -0.2) is 17.9 Å². The van der Waals surface area contributed by atoms with Gasteiger partial charge >= 0.3 is 12.1 Å². The van der Waals surface area contributed by atoms with E-state index in [-0.39, 0.29) is 0 Å². The number of aromatic nitrogens is 3. The molecular formula is C22H30F3N5O4S. The third kappa shape index (κ3) is 7.01. The number of nitrogens with zero attached hydrogens (tertiary/aromatic N) is 5. The summed E-state index contributed by atoms with van der Waals surface area (Å²) in [5.74, 6) is -2.76. The van der Waals surface area contributed by atoms with Crippen molar-refractivity contribution in [1.82, 2.24) is 24.2 Å². The van der Waals surface area contributed by atoms with Crippen LogP contribution in [-0.4, -0.2) is 69.5 Å². The summed E-state index contributed by atoms with van der Waals surface area (Å²) in [5, 5.41) is 15.8. The second-order valence-electron chi connectivity index (χ2n) is 8.54. The van der Waals surface area contributed by atoms with E-state index < -0.39 is 22.2 Å². The Kier molecular flexibility index (Phi) is 8.89. The first-order valence-electron chi connectivity index (χ1n) is 11.5. The Morgan fingerprint density at radius 3 is 2.23 bits per heavy atom. The maximum Gasteiger partial charge on any atom is 0.490 e. The second-order valence-corrected chi connectivity index (χ2v) is 10.5. The molecular weight excluding hydrogens is 487 g/mol. The zero-order valence-corrected chi connectivity index (χ0v) is 20.4. The Morgan fingerprint density at radius 1 is 1.03 bits per heavy atom. The summed E-state index contributed by atoms with van der Waals surface area (Å²) < 4.78 is 61.7. The zero-order chi connectivity index (χ0) is 25.6. The molecule has 0 amide bonds. The molecule has 3 heterocycles. The van der Waals surface area contributed by atoms with Crippen molar-refractivity contribution in [3.8, 4) is 0 Å². The van der Waals surface area contributed by atoms with Gasteiger partial charge in [0.2, 0.25) is 10.0 Å². The lowest BCUT2D eigenvalue weighted by Crippen LogP contribution is -2.32. The van der Waals surface area contributed by atoms with Gasteiger partial charge in [-0.15, -0.1) is 5.10 Å². The second kappa shape index (κ2) is 11.5. The van der Waals surface area contributed by atoms with Crippen molar-refractivity contribution in [2.24, 2.45) is 0 Å². The quantitative estimate of drug-likeness (QED) is 0.649. The SMILES string of the molecule is CCc1ccc(S(=O)(=O)N2CCCn3nnc(CN4CCCCC4)c3C2)cc1.O=C(O)C(F)(F)F. The van der Waals surface area contributed by atoms with Crippen molar-refractivity contribution < 1.29 is 31.5 Å². The lowest BCUT2D eigenvalue weighted by molar-refractivity contribution is -0.192. The van der Waals surface area contributed by atoms with E-state index in [1.54, 1.807) is 16.4 Å². The number of halogens is 3. The standard InChI is InChI=1S/C20H29N5O2S.C2HF3O2/c1-2-17-7-9-18(10-8-17)28(26,27)24-13-6-14-25-20(16-24)19(21-22-25)15-23-11-4-3-5-12-23;3-2(4,5)1(6)7/h7-10H,2-6,11-16H2,1H3;(H,6,7). The maximum atomic E-state index is 13.2. The third-order valence-electron chi connectivity index (χ3n) is 6.06. The molecule has 1 fully saturated rings. The molecule has 0 aliphatic carbocycles. The minimum atomic E-state index is -5.08. The number of rotatable bonds is 5. The Labute approximate surface area is 202 Å². The first-order valence-corrected chi connectivity index (χ1v) is 13.0. The van der Waals surface area contributed by atoms with E-state index in [1.807, 2.05) is 16.8 Å². The molecule has 9 nitrogen and oxygen atoms in total. The van der Waals surface area contributed by atoms with E-state index in [2.05, 4.69) is 22.1 Å². The van der Waals surface area contributed by atoms with E-state index in [9.17, 15) is 21.6 Å². The van der Waals surface area contributed by atoms with Gasteiger partial charge in [0.15, 0.2) is 0 Å². The van der Waals surface area contributed by atoms with Gasteiger partial charge in [0.25, 0.3) is 0 Å². The molecule has 1 saturated heterocycles. The number of alkyl halides is 3. The summed E-state index contributed by atoms with van der Waals surface area (Å²) in [6.45, 7) is 6.54. The van der Waals surface area contributed by atoms with Crippen molar-refractivity contribution >= 4 is 16.0 Å². The number of sulfonamides is 1. The Bertz CT molecular complexity index is 1100. The van der Waals surface area contributed by atoms with Gasteiger partial charge in [0, 0.05) is 19.6 Å². The van der Waals surface area contributed by atoms with Gasteiger partial charge in [-0.2, -0.15) is 17.5 Å². The number of benzene rings is 1. The largest absolute Gasteiger partial charge is 0.490 e. The fourth-order valence-electron chi connectivity index (χ4n) is 4.07. The Balaban J connectivity index is 0.000000429. The molecule has 2 aliphatic heterocycles. The summed E-state index contributed by atoms with van der Waals surface area (Å²) in [7, 11) is -3.53. The average Bonchev–Trinajstić information content (AvgIpc) is 3.06. The number of carbonyl (C=O) groups is 1. The van der Waals surface area contributed by atoms with Crippen LogP contribution in [0, 0.1) is 0 Å². The number of carboxylic acid groups (broad SMARTS) is 1. The fraction of sp³-hybridized carbons (Fsp3) is 0.591. The highest BCUT2D eigenvalue weighted by Gasteiger charge is 2.38. The van der Waals surface area contributed by atoms with Gasteiger partial charge < -0.3 is 5.11 Å². The van der Waals surface area contributed by atoms with Crippen LogP contribution in [0.3, 0.4) is 0 Å². The smallest absolute Gasteiger partial charge is 0.475 e. The molecule has 0 atom stereocenters. The highest BCUT2D eigenvalue weighted by Crippen LogP contribution is 2.24. The molecule has 0 spiro atoms. The van der Waals surface area contributed by atoms with Crippen LogP contribution in [0.15, 0.2) is 29.2 Å². The Hall–Kier alpha value is -2.51. The van der Waals surface area contributed by atoms with Crippen LogP contribution in [-0.2, 0) is 40.9 Å². The van der Waals surface area contributed by atoms with Crippen LogP contribution in [0.5, 0.6) is 0 Å². The van der Waals surface area contributed by atoms with Crippen LogP contribution in [0.1, 0.15) is 49.6 Å². The lowest BCUT2D eigenvalue weighted by Gasteiger charge is -2.26. The molecule has 194 valence electrons. The Morgan fingerprint density at radius 2 is 1.66 bits per heavy atom. The van der Waals surface area contributed by atoms with Gasteiger partial charge in [0.05, 0.1) is 17.1 Å². The molecule has 1 aromatic heterocycles. The van der Waals surface area contributed by atoms with Crippen molar-refractivity contribution in [3.63, 3.8) is 0 Å². The lowest BCUT2D eigenvalue weighted by atomic mass is 10.1. The normalized spacial score (nSPS) is 17.7. The molecule has 13 heteroatoms. The monoisotopic (exact) mass is 517 g/mol. The van der Waals surface area contributed by atoms with Crippen LogP contribution in [0.2, 0.25) is 0 Å². The zero-order valence-electron chi connectivity index (χ0n) is 19.5. The van der Waals surface area contributed by atoms with Gasteiger partial charge in [-0.05, 0) is 56.5 Å². The number of fused-ring (bicyclic) bond motifs is 1. The molecule has 0 bridgehead atoms. The van der Waals surface area contributed by atoms with Gasteiger partial charge in [-0.3, -0.25) is 4.90 Å². The van der Waals surface area contributed by atoms with E-state index >= 15 is 0 Å². The van der Waals surface area contributed by atoms with Gasteiger partial charge in [0.1, 0.15) is 5.69 Å². The molecule has 2 aliphatic rings. The predicted octanol–water partition coefficient (Wildman–Crippen LogP) is 3.05. The first-order chi connectivity index (χ1) is 16.5. The third-order valence-corrected chi connectivity index (χ3v) is 7.91. The summed E-state index contributed by atoms with van der Waals surface area (Å²) in [6, 6.07) is 7.25. The van der Waals surface area contributed by atoms with Crippen molar-refractivity contribution in [3.05, 3.63) is 41.2 Å². The average molecular weight is 518 g/mol. The minimum Gasteiger partial charge on any atom is -0.475 e. The molecule has 35 heavy (non-hydrogen) atoms. The minimum absolute atomic E-state index is 0.341. The van der Waals surface area contributed by atoms with Crippen LogP contribution >= 0.6 is 0 Å². The highest BCUT2D eigenvalue weighted by atomic mass is 32.2. The number of piperidine rings is 1. The number of aliphatic carboxylic acids is 1. The van der Waals surface area contributed by atoms with Crippen molar-refractivity contribution in [2.45, 2.75) is 69.7 Å². The molecule has 0 saturated carbocycles. The molecule has 1 aromatic carbocycles. The first kappa shape index (κ1) is 27.1. The van der Waals surface area contributed by atoms with Crippen LogP contribution in [0.4, 0.5) is 13.2 Å². The molecule has 0 unspecified atom stereocenters. The van der Waals surface area contributed by atoms with Crippen molar-refractivity contribution in [1.29, 1.82) is 0 Å². The van der Waals surface area contributed by atoms with E-state index in [1.165, 1.54) is 19.3 Å². The van der Waals surface area contributed by atoms with Gasteiger partial charge in [-0.1, -0.05) is 30.7 Å². The number of carboxylic acids is 1. The number of aryl methyl sites for hydroxylation is 2. The summed E-state index contributed by atoms with van der Waals surface area (Å²) in [4.78, 5) is 11.7. The van der Waals surface area contributed by atoms with E-state index in [0.717, 1.165) is 49.4 Å². The number of likely N-dealkylation sites (tertiary alicyclic amines) is 1. The molecule has 1 N–H and O–H groups in total. The molecule has 4 rings (SSSR count). The molecule has 2 aromatic rings. The summed E-state index contributed by atoms with van der Waals surface area (Å²) in [6.07, 6.45) is 0.287. The van der Waals surface area contributed by atoms with E-state index in [4.69, 9.17) is 9.90 Å². The number of hydrogen-bond acceptors (Lipinski definition) is 6. The highest BCUT2D eigenvalue weighted by molar-refractivity contribution is 7.89. The summed E-state index contributed by atoms with van der Waals surface area (Å²) >= 11 is 0. The van der Waals surface area contributed by atoms with Crippen molar-refractivity contribution in [2.75, 3.05) is 19.6 Å². The van der Waals surface area contributed by atoms with Crippen LogP contribution in [0.25, 0.3) is 0 Å².